The fourth-order valence-electron chi connectivity index (χ4n) is 0. The molecule has 0 aliphatic heterocycles. The number of hydrogen-bond acceptors (Lipinski definition) is 2. The summed E-state index contributed by atoms with van der Waals surface area (Å²) in [5.74, 6) is -3.65. The second-order valence-electron chi connectivity index (χ2n) is 0.610. The molecule has 8 heavy (non-hydrogen) atoms. The van der Waals surface area contributed by atoms with Gasteiger partial charge in [0, 0.05) is 0 Å². The van der Waals surface area contributed by atoms with E-state index in [0.717, 1.165) is 0 Å². The molecule has 0 aliphatic carbocycles. The smallest absolute Gasteiger partial charge is 0.316 e. The first kappa shape index (κ1) is 16.0. The molecule has 42 valence electrons. The van der Waals surface area contributed by atoms with Crippen molar-refractivity contribution in [2.24, 2.45) is 0 Å². The number of rotatable bonds is 0. The van der Waals surface area contributed by atoms with E-state index in [2.05, 4.69) is 0 Å². The van der Waals surface area contributed by atoms with Crippen LogP contribution in [0.15, 0.2) is 0 Å². The Balaban J connectivity index is -0.000000125. The predicted molar refractivity (Wildman–Crippen MR) is 32.4 cm³/mol. The van der Waals surface area contributed by atoms with E-state index in [0.29, 0.717) is 0 Å². The van der Waals surface area contributed by atoms with E-state index < -0.39 is 11.9 Å². The van der Waals surface area contributed by atoms with E-state index in [9.17, 15) is 0 Å². The van der Waals surface area contributed by atoms with Crippen molar-refractivity contribution >= 4 is 72.7 Å². The van der Waals surface area contributed by atoms with Crippen LogP contribution in [0.4, 0.5) is 0 Å². The molecule has 0 radical (unpaired) electrons. The summed E-state index contributed by atoms with van der Waals surface area (Å²) in [7, 11) is 0. The van der Waals surface area contributed by atoms with Crippen molar-refractivity contribution in [3.8, 4) is 0 Å². The fraction of sp³-hybridized carbons (Fsp3) is 0. The molecule has 0 atom stereocenters. The average molecular weight is 158 g/mol. The van der Waals surface area contributed by atoms with Crippen LogP contribution in [0.2, 0.25) is 0 Å². The van der Waals surface area contributed by atoms with Crippen LogP contribution in [0.3, 0.4) is 0 Å². The summed E-state index contributed by atoms with van der Waals surface area (Å²) >= 11 is 0. The number of hydrogen-bond donors (Lipinski definition) is 2. The molecule has 0 spiro atoms. The van der Waals surface area contributed by atoms with Crippen LogP contribution in [0, 0.1) is 0 Å². The first-order valence-corrected chi connectivity index (χ1v) is 1.11. The molecule has 0 fully saturated rings. The van der Waals surface area contributed by atoms with Crippen molar-refractivity contribution in [3.05, 3.63) is 0 Å². The minimum absolute atomic E-state index is 0. The van der Waals surface area contributed by atoms with Gasteiger partial charge in [0.05, 0.1) is 0 Å². The minimum atomic E-state index is -1.82. The average Bonchev–Trinajstić information content (AvgIpc) is 1.36. The van der Waals surface area contributed by atoms with Gasteiger partial charge in [0.2, 0.25) is 0 Å². The fourth-order valence-corrected chi connectivity index (χ4v) is 0. The summed E-state index contributed by atoms with van der Waals surface area (Å²) in [6, 6.07) is 0. The van der Waals surface area contributed by atoms with Crippen LogP contribution in [0.5, 0.6) is 0 Å². The van der Waals surface area contributed by atoms with Crippen LogP contribution in [0.25, 0.3) is 0 Å². The Hall–Kier alpha value is 0.966. The first-order valence-electron chi connectivity index (χ1n) is 1.11. The van der Waals surface area contributed by atoms with Crippen molar-refractivity contribution in [1.82, 2.24) is 0 Å². The molecule has 0 aromatic heterocycles. The molecule has 0 bridgehead atoms. The Kier molecular flexibility index (Phi) is 15.9. The first-order chi connectivity index (χ1) is 2.64. The second-order valence-corrected chi connectivity index (χ2v) is 0.610. The van der Waals surface area contributed by atoms with E-state index in [1.807, 2.05) is 0 Å². The SMILES string of the molecule is O=C(O)C(=O)O.[CaH2].[MgH2]. The van der Waals surface area contributed by atoms with Crippen molar-refractivity contribution < 1.29 is 19.8 Å². The van der Waals surface area contributed by atoms with Gasteiger partial charge in [-0.2, -0.15) is 0 Å². The van der Waals surface area contributed by atoms with Gasteiger partial charge in [-0.25, -0.2) is 9.59 Å². The van der Waals surface area contributed by atoms with Gasteiger partial charge in [-0.3, -0.25) is 0 Å². The summed E-state index contributed by atoms with van der Waals surface area (Å²) in [6.07, 6.45) is 0. The number of aliphatic carboxylic acids is 2. The zero-order chi connectivity index (χ0) is 5.15. The zero-order valence-corrected chi connectivity index (χ0v) is 2.71. The maximum atomic E-state index is 9.10. The summed E-state index contributed by atoms with van der Waals surface area (Å²) in [5.41, 5.74) is 0. The molecule has 2 N–H and O–H groups in total. The van der Waals surface area contributed by atoms with Gasteiger partial charge in [0.1, 0.15) is 0 Å². The van der Waals surface area contributed by atoms with Gasteiger partial charge in [-0.05, 0) is 0 Å². The van der Waals surface area contributed by atoms with Gasteiger partial charge in [0.15, 0.2) is 0 Å². The van der Waals surface area contributed by atoms with Crippen LogP contribution < -0.4 is 0 Å². The van der Waals surface area contributed by atoms with Crippen LogP contribution >= 0.6 is 0 Å². The summed E-state index contributed by atoms with van der Waals surface area (Å²) in [6.45, 7) is 0. The number of carboxylic acid groups (broad SMARTS) is 2. The Morgan fingerprint density at radius 3 is 1.12 bits per heavy atom. The van der Waals surface area contributed by atoms with Crippen LogP contribution in [-0.4, -0.2) is 82.9 Å². The predicted octanol–water partition coefficient (Wildman–Crippen LogP) is -2.68. The van der Waals surface area contributed by atoms with Crippen molar-refractivity contribution in [3.63, 3.8) is 0 Å². The Labute approximate surface area is 91.4 Å². The molecule has 0 unspecified atom stereocenters. The van der Waals surface area contributed by atoms with Crippen LogP contribution in [-0.2, 0) is 9.59 Å². The largest absolute Gasteiger partial charge is 0.316 e. The molecule has 0 aliphatic rings. The van der Waals surface area contributed by atoms with E-state index in [1.54, 1.807) is 0 Å². The molecule has 0 heterocycles. The van der Waals surface area contributed by atoms with Gasteiger partial charge in [-0.1, -0.05) is 0 Å². The molecule has 6 heteroatoms. The summed E-state index contributed by atoms with van der Waals surface area (Å²) in [4.78, 5) is 18.2. The quantitative estimate of drug-likeness (QED) is 0.298. The van der Waals surface area contributed by atoms with Gasteiger partial charge in [0.25, 0.3) is 0 Å². The van der Waals surface area contributed by atoms with E-state index in [-0.39, 0.29) is 60.8 Å². The number of carboxylic acids is 2. The molecule has 0 amide bonds. The standard InChI is InChI=1S/C2H2O4.Ca.Mg.4H/c3-1(4)2(5)6;;;;;;/h(H,3,4)(H,5,6);;;;;;. The topological polar surface area (TPSA) is 74.6 Å². The second kappa shape index (κ2) is 7.97. The third-order valence-corrected chi connectivity index (χ3v) is 0.183. The molecule has 0 aromatic rings. The molecule has 0 rings (SSSR count). The number of carbonyl (C=O) groups is 2. The van der Waals surface area contributed by atoms with E-state index in [4.69, 9.17) is 19.8 Å². The summed E-state index contributed by atoms with van der Waals surface area (Å²) < 4.78 is 0. The Bertz CT molecular complexity index is 80.0. The molecule has 0 saturated heterocycles. The third kappa shape index (κ3) is 10.1. The maximum absolute atomic E-state index is 9.10. The Morgan fingerprint density at radius 2 is 1.12 bits per heavy atom. The van der Waals surface area contributed by atoms with Gasteiger partial charge in [-0.15, -0.1) is 0 Å². The van der Waals surface area contributed by atoms with E-state index >= 15 is 0 Å². The summed E-state index contributed by atoms with van der Waals surface area (Å²) in [5, 5.41) is 14.8. The van der Waals surface area contributed by atoms with E-state index in [1.165, 1.54) is 0 Å². The third-order valence-electron chi connectivity index (χ3n) is 0.183. The van der Waals surface area contributed by atoms with Crippen molar-refractivity contribution in [1.29, 1.82) is 0 Å². The molecular weight excluding hydrogens is 152 g/mol. The maximum Gasteiger partial charge on any atom is 0.316 e. The molecule has 0 saturated carbocycles. The molecule has 0 aromatic carbocycles. The molecule has 4 nitrogen and oxygen atoms in total. The normalized spacial score (nSPS) is 5.50. The van der Waals surface area contributed by atoms with Crippen molar-refractivity contribution in [2.75, 3.05) is 0 Å². The Morgan fingerprint density at radius 1 is 1.00 bits per heavy atom. The molecular formula is C2H6CaMgO4. The van der Waals surface area contributed by atoms with Gasteiger partial charge >= 0.3 is 72.7 Å². The zero-order valence-electron chi connectivity index (χ0n) is 2.71. The van der Waals surface area contributed by atoms with Crippen LogP contribution in [0.1, 0.15) is 0 Å². The van der Waals surface area contributed by atoms with Crippen molar-refractivity contribution in [2.45, 2.75) is 0 Å². The monoisotopic (exact) mass is 158 g/mol. The van der Waals surface area contributed by atoms with Gasteiger partial charge < -0.3 is 10.2 Å². The minimum Gasteiger partial charge on any atom is 0.316 e.